The Morgan fingerprint density at radius 2 is 1.95 bits per heavy atom. The van der Waals surface area contributed by atoms with Crippen LogP contribution in [0.5, 0.6) is 0 Å². The molecule has 22 heavy (non-hydrogen) atoms. The lowest BCUT2D eigenvalue weighted by Crippen LogP contribution is -2.54. The second-order valence-corrected chi connectivity index (χ2v) is 7.85. The van der Waals surface area contributed by atoms with E-state index in [-0.39, 0.29) is 18.7 Å². The summed E-state index contributed by atoms with van der Waals surface area (Å²) in [5.74, 6) is 0.458. The highest BCUT2D eigenvalue weighted by Crippen LogP contribution is 2.29. The molecule has 2 atom stereocenters. The summed E-state index contributed by atoms with van der Waals surface area (Å²) in [6, 6.07) is 0.783. The highest BCUT2D eigenvalue weighted by molar-refractivity contribution is 5.68. The smallest absolute Gasteiger partial charge is 0.407 e. The number of carbonyl (C=O) groups excluding carboxylic acids is 1. The van der Waals surface area contributed by atoms with Gasteiger partial charge in [-0.15, -0.1) is 0 Å². The molecular formula is C17H32N2O3. The molecule has 1 aliphatic heterocycles. The molecule has 1 amide bonds. The normalized spacial score (nSPS) is 27.8. The molecule has 1 aliphatic carbocycles. The van der Waals surface area contributed by atoms with Gasteiger partial charge in [0.1, 0.15) is 5.60 Å². The van der Waals surface area contributed by atoms with E-state index in [1.807, 2.05) is 20.8 Å². The molecule has 0 spiro atoms. The van der Waals surface area contributed by atoms with Crippen molar-refractivity contribution < 1.29 is 14.6 Å². The first-order chi connectivity index (χ1) is 10.4. The van der Waals surface area contributed by atoms with E-state index in [9.17, 15) is 9.90 Å². The number of rotatable bonds is 4. The maximum absolute atomic E-state index is 12.0. The quantitative estimate of drug-likeness (QED) is 0.837. The van der Waals surface area contributed by atoms with Gasteiger partial charge in [-0.1, -0.05) is 12.8 Å². The second kappa shape index (κ2) is 7.64. The number of aliphatic hydroxyl groups excluding tert-OH is 1. The molecule has 0 aromatic heterocycles. The maximum Gasteiger partial charge on any atom is 0.407 e. The van der Waals surface area contributed by atoms with Crippen LogP contribution in [0.15, 0.2) is 0 Å². The number of ether oxygens (including phenoxy) is 1. The second-order valence-electron chi connectivity index (χ2n) is 7.85. The SMILES string of the molecule is CC(C)(C)OC(=O)NC1CC(CCO)CN(C2CCCC2)C1. The van der Waals surface area contributed by atoms with Crippen molar-refractivity contribution >= 4 is 6.09 Å². The number of hydrogen-bond donors (Lipinski definition) is 2. The molecule has 0 aromatic rings. The van der Waals surface area contributed by atoms with Crippen molar-refractivity contribution in [3.63, 3.8) is 0 Å². The Labute approximate surface area is 134 Å². The van der Waals surface area contributed by atoms with Gasteiger partial charge in [0, 0.05) is 31.8 Å². The number of aliphatic hydroxyl groups is 1. The van der Waals surface area contributed by atoms with Gasteiger partial charge in [-0.05, 0) is 52.4 Å². The van der Waals surface area contributed by atoms with Crippen LogP contribution < -0.4 is 5.32 Å². The Bertz CT molecular complexity index is 361. The van der Waals surface area contributed by atoms with Crippen LogP contribution in [-0.4, -0.2) is 53.5 Å². The Kier molecular flexibility index (Phi) is 6.09. The Morgan fingerprint density at radius 3 is 2.55 bits per heavy atom. The Hall–Kier alpha value is -0.810. The van der Waals surface area contributed by atoms with Crippen LogP contribution in [0.3, 0.4) is 0 Å². The standard InChI is InChI=1S/C17H32N2O3/c1-17(2,3)22-16(21)18-14-10-13(8-9-20)11-19(12-14)15-6-4-5-7-15/h13-15,20H,4-12H2,1-3H3,(H,18,21). The van der Waals surface area contributed by atoms with Crippen LogP contribution in [0.1, 0.15) is 59.3 Å². The predicted molar refractivity (Wildman–Crippen MR) is 86.8 cm³/mol. The number of piperidine rings is 1. The van der Waals surface area contributed by atoms with Crippen LogP contribution in [0.25, 0.3) is 0 Å². The summed E-state index contributed by atoms with van der Waals surface area (Å²) in [4.78, 5) is 14.5. The molecule has 5 heteroatoms. The zero-order valence-electron chi connectivity index (χ0n) is 14.3. The number of carbonyl (C=O) groups is 1. The molecule has 0 aromatic carbocycles. The van der Waals surface area contributed by atoms with Gasteiger partial charge in [-0.2, -0.15) is 0 Å². The minimum atomic E-state index is -0.464. The summed E-state index contributed by atoms with van der Waals surface area (Å²) in [5, 5.41) is 12.3. The third kappa shape index (κ3) is 5.43. The van der Waals surface area contributed by atoms with Crippen LogP contribution in [0.4, 0.5) is 4.79 Å². The third-order valence-electron chi connectivity index (χ3n) is 4.66. The fourth-order valence-electron chi connectivity index (χ4n) is 3.78. The highest BCUT2D eigenvalue weighted by Gasteiger charge is 2.33. The molecule has 2 fully saturated rings. The topological polar surface area (TPSA) is 61.8 Å². The van der Waals surface area contributed by atoms with Crippen molar-refractivity contribution in [1.29, 1.82) is 0 Å². The molecule has 0 bridgehead atoms. The largest absolute Gasteiger partial charge is 0.444 e. The molecule has 128 valence electrons. The first kappa shape index (κ1) is 17.5. The average Bonchev–Trinajstić information content (AvgIpc) is 2.90. The number of likely N-dealkylation sites (tertiary alicyclic amines) is 1. The van der Waals surface area contributed by atoms with Gasteiger partial charge in [0.2, 0.25) is 0 Å². The number of nitrogens with zero attached hydrogens (tertiary/aromatic N) is 1. The van der Waals surface area contributed by atoms with E-state index in [1.54, 1.807) is 0 Å². The molecule has 0 radical (unpaired) electrons. The Morgan fingerprint density at radius 1 is 1.27 bits per heavy atom. The van der Waals surface area contributed by atoms with Crippen molar-refractivity contribution in [3.8, 4) is 0 Å². The lowest BCUT2D eigenvalue weighted by atomic mass is 9.90. The third-order valence-corrected chi connectivity index (χ3v) is 4.66. The van der Waals surface area contributed by atoms with Gasteiger partial charge in [-0.3, -0.25) is 4.90 Å². The maximum atomic E-state index is 12.0. The summed E-state index contributed by atoms with van der Waals surface area (Å²) < 4.78 is 5.38. The molecular weight excluding hydrogens is 280 g/mol. The van der Waals surface area contributed by atoms with Gasteiger partial charge in [-0.25, -0.2) is 4.79 Å². The number of alkyl carbamates (subject to hydrolysis) is 1. The lowest BCUT2D eigenvalue weighted by Gasteiger charge is -2.41. The summed E-state index contributed by atoms with van der Waals surface area (Å²) in [6.45, 7) is 7.83. The zero-order valence-corrected chi connectivity index (χ0v) is 14.3. The molecule has 2 aliphatic rings. The molecule has 1 heterocycles. The Balaban J connectivity index is 1.92. The van der Waals surface area contributed by atoms with Crippen molar-refractivity contribution in [2.45, 2.75) is 77.0 Å². The summed E-state index contributed by atoms with van der Waals surface area (Å²) in [6.07, 6.45) is 6.59. The minimum Gasteiger partial charge on any atom is -0.444 e. The van der Waals surface area contributed by atoms with Gasteiger partial charge >= 0.3 is 6.09 Å². The lowest BCUT2D eigenvalue weighted by molar-refractivity contribution is 0.0400. The van der Waals surface area contributed by atoms with E-state index < -0.39 is 5.60 Å². The van der Waals surface area contributed by atoms with E-state index in [4.69, 9.17) is 4.74 Å². The van der Waals surface area contributed by atoms with Crippen LogP contribution in [0.2, 0.25) is 0 Å². The molecule has 1 saturated carbocycles. The van der Waals surface area contributed by atoms with Crippen molar-refractivity contribution in [3.05, 3.63) is 0 Å². The van der Waals surface area contributed by atoms with Crippen LogP contribution in [-0.2, 0) is 4.74 Å². The molecule has 2 N–H and O–H groups in total. The van der Waals surface area contributed by atoms with E-state index >= 15 is 0 Å². The van der Waals surface area contributed by atoms with Gasteiger partial charge in [0.25, 0.3) is 0 Å². The van der Waals surface area contributed by atoms with E-state index in [1.165, 1.54) is 25.7 Å². The number of amides is 1. The van der Waals surface area contributed by atoms with E-state index in [0.29, 0.717) is 12.0 Å². The molecule has 5 nitrogen and oxygen atoms in total. The van der Waals surface area contributed by atoms with Crippen LogP contribution in [0, 0.1) is 5.92 Å². The van der Waals surface area contributed by atoms with Gasteiger partial charge in [0.05, 0.1) is 0 Å². The van der Waals surface area contributed by atoms with Gasteiger partial charge in [0.15, 0.2) is 0 Å². The van der Waals surface area contributed by atoms with E-state index in [2.05, 4.69) is 10.2 Å². The predicted octanol–water partition coefficient (Wildman–Crippen LogP) is 2.53. The summed E-state index contributed by atoms with van der Waals surface area (Å²) in [5.41, 5.74) is -0.464. The minimum absolute atomic E-state index is 0.126. The van der Waals surface area contributed by atoms with Crippen molar-refractivity contribution in [2.24, 2.45) is 5.92 Å². The monoisotopic (exact) mass is 312 g/mol. The highest BCUT2D eigenvalue weighted by atomic mass is 16.6. The zero-order chi connectivity index (χ0) is 16.2. The van der Waals surface area contributed by atoms with Gasteiger partial charge < -0.3 is 15.2 Å². The number of nitrogens with one attached hydrogen (secondary N) is 1. The van der Waals surface area contributed by atoms with Crippen molar-refractivity contribution in [1.82, 2.24) is 10.2 Å². The summed E-state index contributed by atoms with van der Waals surface area (Å²) >= 11 is 0. The molecule has 2 rings (SSSR count). The average molecular weight is 312 g/mol. The number of hydrogen-bond acceptors (Lipinski definition) is 4. The van der Waals surface area contributed by atoms with Crippen molar-refractivity contribution in [2.75, 3.05) is 19.7 Å². The molecule has 2 unspecified atom stereocenters. The first-order valence-electron chi connectivity index (χ1n) is 8.72. The molecule has 1 saturated heterocycles. The van der Waals surface area contributed by atoms with E-state index in [0.717, 1.165) is 25.9 Å². The first-order valence-corrected chi connectivity index (χ1v) is 8.72. The fourth-order valence-corrected chi connectivity index (χ4v) is 3.78. The fraction of sp³-hybridized carbons (Fsp3) is 0.941. The van der Waals surface area contributed by atoms with Crippen LogP contribution >= 0.6 is 0 Å². The summed E-state index contributed by atoms with van der Waals surface area (Å²) in [7, 11) is 0.